The highest BCUT2D eigenvalue weighted by molar-refractivity contribution is 5.95. The van der Waals surface area contributed by atoms with Crippen LogP contribution in [0.15, 0.2) is 24.3 Å². The van der Waals surface area contributed by atoms with E-state index in [1.165, 1.54) is 0 Å². The van der Waals surface area contributed by atoms with Gasteiger partial charge >= 0.3 is 6.18 Å². The summed E-state index contributed by atoms with van der Waals surface area (Å²) in [6.45, 7) is 3.37. The number of aliphatic hydroxyl groups excluding tert-OH is 1. The summed E-state index contributed by atoms with van der Waals surface area (Å²) >= 11 is 0. The lowest BCUT2D eigenvalue weighted by atomic mass is 9.90. The van der Waals surface area contributed by atoms with Gasteiger partial charge in [-0.2, -0.15) is 13.2 Å². The number of hydrogen-bond donors (Lipinski definition) is 8. The zero-order valence-corrected chi connectivity index (χ0v) is 20.9. The summed E-state index contributed by atoms with van der Waals surface area (Å²) in [5, 5.41) is 24.7. The Labute approximate surface area is 215 Å². The van der Waals surface area contributed by atoms with Crippen LogP contribution in [0.2, 0.25) is 0 Å². The van der Waals surface area contributed by atoms with Gasteiger partial charge in [-0.3, -0.25) is 15.0 Å². The van der Waals surface area contributed by atoms with Crippen LogP contribution in [0.5, 0.6) is 0 Å². The minimum atomic E-state index is -4.34. The fourth-order valence-corrected chi connectivity index (χ4v) is 5.38. The molecule has 1 aromatic rings. The number of hydrogen-bond acceptors (Lipinski definition) is 9. The van der Waals surface area contributed by atoms with Crippen molar-refractivity contribution in [1.82, 2.24) is 37.0 Å². The van der Waals surface area contributed by atoms with Crippen LogP contribution in [0.1, 0.15) is 36.0 Å². The highest BCUT2D eigenvalue weighted by atomic mass is 19.4. The molecule has 5 unspecified atom stereocenters. The van der Waals surface area contributed by atoms with Crippen molar-refractivity contribution < 1.29 is 23.1 Å². The van der Waals surface area contributed by atoms with Gasteiger partial charge in [0.05, 0.1) is 12.3 Å². The number of nitrogens with zero attached hydrogens (tertiary/aromatic N) is 1. The van der Waals surface area contributed by atoms with E-state index in [9.17, 15) is 23.1 Å². The van der Waals surface area contributed by atoms with Crippen LogP contribution in [-0.4, -0.2) is 92.5 Å². The Morgan fingerprint density at radius 1 is 1.14 bits per heavy atom. The van der Waals surface area contributed by atoms with Gasteiger partial charge in [-0.15, -0.1) is 0 Å². The van der Waals surface area contributed by atoms with E-state index in [0.717, 1.165) is 31.9 Å². The highest BCUT2D eigenvalue weighted by Gasteiger charge is 2.45. The Hall–Kier alpha value is -2.00. The molecule has 8 N–H and O–H groups in total. The molecule has 3 fully saturated rings. The maximum atomic E-state index is 13.3. The van der Waals surface area contributed by atoms with Gasteiger partial charge < -0.3 is 26.4 Å². The molecular formula is C24H39F3N8O2. The molecule has 3 aliphatic rings. The van der Waals surface area contributed by atoms with Crippen molar-refractivity contribution in [3.8, 4) is 0 Å². The minimum absolute atomic E-state index is 0.0305. The monoisotopic (exact) mass is 528 g/mol. The van der Waals surface area contributed by atoms with E-state index in [1.54, 1.807) is 18.2 Å². The number of carbonyl (C=O) groups is 1. The first-order valence-corrected chi connectivity index (χ1v) is 13.1. The van der Waals surface area contributed by atoms with Crippen LogP contribution >= 0.6 is 0 Å². The molecular weight excluding hydrogens is 489 g/mol. The number of anilines is 1. The second kappa shape index (κ2) is 13.2. The van der Waals surface area contributed by atoms with Crippen molar-refractivity contribution in [2.45, 2.75) is 56.3 Å². The topological polar surface area (TPSA) is 125 Å². The Balaban J connectivity index is 1.31. The SMILES string of the molecule is O=C(NCC1CCCNC1C(F)(F)F)c1cccc(NCC2NNC(C3CCNCN3)N2CCCO)c1. The van der Waals surface area contributed by atoms with Gasteiger partial charge in [-0.05, 0) is 57.0 Å². The van der Waals surface area contributed by atoms with Gasteiger partial charge in [0.1, 0.15) is 6.04 Å². The predicted octanol–water partition coefficient (Wildman–Crippen LogP) is 0.112. The molecule has 0 radical (unpaired) electrons. The lowest BCUT2D eigenvalue weighted by Crippen LogP contribution is -2.58. The molecule has 0 spiro atoms. The van der Waals surface area contributed by atoms with Crippen molar-refractivity contribution in [1.29, 1.82) is 0 Å². The summed E-state index contributed by atoms with van der Waals surface area (Å²) in [5.41, 5.74) is 7.85. The summed E-state index contributed by atoms with van der Waals surface area (Å²) in [5.74, 6) is -1.08. The number of benzene rings is 1. The van der Waals surface area contributed by atoms with Gasteiger partial charge in [0.15, 0.2) is 0 Å². The summed E-state index contributed by atoms with van der Waals surface area (Å²) in [4.78, 5) is 15.0. The van der Waals surface area contributed by atoms with Crippen LogP contribution in [0, 0.1) is 5.92 Å². The third kappa shape index (κ3) is 7.53. The fourth-order valence-electron chi connectivity index (χ4n) is 5.38. The Kier molecular flexibility index (Phi) is 9.98. The molecule has 3 heterocycles. The number of amides is 1. The maximum Gasteiger partial charge on any atom is 0.404 e. The van der Waals surface area contributed by atoms with E-state index >= 15 is 0 Å². The predicted molar refractivity (Wildman–Crippen MR) is 135 cm³/mol. The quantitative estimate of drug-likeness (QED) is 0.214. The van der Waals surface area contributed by atoms with Crippen molar-refractivity contribution in [3.63, 3.8) is 0 Å². The van der Waals surface area contributed by atoms with Crippen LogP contribution in [0.3, 0.4) is 0 Å². The molecule has 10 nitrogen and oxygen atoms in total. The van der Waals surface area contributed by atoms with E-state index in [-0.39, 0.29) is 31.5 Å². The van der Waals surface area contributed by atoms with Crippen LogP contribution < -0.4 is 37.4 Å². The number of rotatable bonds is 10. The molecule has 1 aromatic carbocycles. The largest absolute Gasteiger partial charge is 0.404 e. The fraction of sp³-hybridized carbons (Fsp3) is 0.708. The zero-order valence-electron chi connectivity index (χ0n) is 20.9. The summed E-state index contributed by atoms with van der Waals surface area (Å²) in [7, 11) is 0. The molecule has 37 heavy (non-hydrogen) atoms. The van der Waals surface area contributed by atoms with Crippen LogP contribution in [0.25, 0.3) is 0 Å². The number of halogens is 3. The summed E-state index contributed by atoms with van der Waals surface area (Å²) in [6, 6.07) is 5.64. The van der Waals surface area contributed by atoms with E-state index < -0.39 is 24.0 Å². The minimum Gasteiger partial charge on any atom is -0.396 e. The highest BCUT2D eigenvalue weighted by Crippen LogP contribution is 2.30. The van der Waals surface area contributed by atoms with Gasteiger partial charge in [0, 0.05) is 56.1 Å². The van der Waals surface area contributed by atoms with E-state index in [2.05, 4.69) is 42.3 Å². The molecule has 3 aliphatic heterocycles. The molecule has 4 rings (SSSR count). The molecule has 3 saturated heterocycles. The first kappa shape index (κ1) is 28.0. The molecule has 208 valence electrons. The second-order valence-electron chi connectivity index (χ2n) is 9.89. The Morgan fingerprint density at radius 2 is 2.00 bits per heavy atom. The van der Waals surface area contributed by atoms with Gasteiger partial charge in [-0.25, -0.2) is 10.9 Å². The van der Waals surface area contributed by atoms with E-state index in [4.69, 9.17) is 0 Å². The van der Waals surface area contributed by atoms with Crippen molar-refractivity contribution in [2.75, 3.05) is 51.3 Å². The normalized spacial score (nSPS) is 29.2. The molecule has 13 heteroatoms. The molecule has 0 aromatic heterocycles. The lowest BCUT2D eigenvalue weighted by Gasteiger charge is -2.36. The molecule has 0 bridgehead atoms. The first-order chi connectivity index (χ1) is 17.9. The van der Waals surface area contributed by atoms with Crippen LogP contribution in [0.4, 0.5) is 18.9 Å². The third-order valence-electron chi connectivity index (χ3n) is 7.32. The average molecular weight is 529 g/mol. The zero-order chi connectivity index (χ0) is 26.3. The molecule has 5 atom stereocenters. The van der Waals surface area contributed by atoms with Crippen molar-refractivity contribution in [3.05, 3.63) is 29.8 Å². The number of aliphatic hydroxyl groups is 1. The smallest absolute Gasteiger partial charge is 0.396 e. The number of carbonyl (C=O) groups excluding carboxylic acids is 1. The number of nitrogens with one attached hydrogen (secondary N) is 7. The first-order valence-electron chi connectivity index (χ1n) is 13.1. The molecule has 0 aliphatic carbocycles. The van der Waals surface area contributed by atoms with Gasteiger partial charge in [0.2, 0.25) is 0 Å². The third-order valence-corrected chi connectivity index (χ3v) is 7.32. The Morgan fingerprint density at radius 3 is 2.76 bits per heavy atom. The van der Waals surface area contributed by atoms with Crippen molar-refractivity contribution >= 4 is 11.6 Å². The van der Waals surface area contributed by atoms with E-state index in [0.29, 0.717) is 37.9 Å². The molecule has 1 amide bonds. The number of alkyl halides is 3. The number of piperidine rings is 1. The maximum absolute atomic E-state index is 13.3. The van der Waals surface area contributed by atoms with E-state index in [1.807, 2.05) is 6.07 Å². The summed E-state index contributed by atoms with van der Waals surface area (Å²) < 4.78 is 39.9. The molecule has 0 saturated carbocycles. The van der Waals surface area contributed by atoms with Crippen LogP contribution in [-0.2, 0) is 0 Å². The van der Waals surface area contributed by atoms with Gasteiger partial charge in [-0.1, -0.05) is 6.07 Å². The van der Waals surface area contributed by atoms with Crippen molar-refractivity contribution in [2.24, 2.45) is 5.92 Å². The second-order valence-corrected chi connectivity index (χ2v) is 9.89. The lowest BCUT2D eigenvalue weighted by molar-refractivity contribution is -0.171. The van der Waals surface area contributed by atoms with Gasteiger partial charge in [0.25, 0.3) is 5.91 Å². The number of hydrazine groups is 1. The average Bonchev–Trinajstić information content (AvgIpc) is 3.32. The summed E-state index contributed by atoms with van der Waals surface area (Å²) in [6.07, 6.45) is -1.59. The standard InChI is InChI=1S/C24H39F3N8O2/c25-24(26,27)21-17(5-2-8-29-21)13-31-23(37)16-4-1-6-18(12-16)30-14-20-33-34-22(35(20)10-3-11-36)19-7-9-28-15-32-19/h1,4,6,12,17,19-22,28-30,32-34,36H,2-3,5,7-11,13-15H2,(H,31,37). The Bertz CT molecular complexity index is 871.